The van der Waals surface area contributed by atoms with E-state index in [1.54, 1.807) is 18.2 Å². The normalized spacial score (nSPS) is 14.9. The van der Waals surface area contributed by atoms with Crippen molar-refractivity contribution in [1.29, 1.82) is 0 Å². The van der Waals surface area contributed by atoms with Gasteiger partial charge in [0.1, 0.15) is 13.2 Å². The monoisotopic (exact) mass is 412 g/mol. The van der Waals surface area contributed by atoms with Crippen LogP contribution >= 0.6 is 0 Å². The van der Waals surface area contributed by atoms with Crippen LogP contribution < -0.4 is 25.2 Å². The predicted octanol–water partition coefficient (Wildman–Crippen LogP) is 2.04. The average Bonchev–Trinajstić information content (AvgIpc) is 3.31. The fraction of sp³-hybridized carbons (Fsp3) is 0.300. The van der Waals surface area contributed by atoms with Crippen molar-refractivity contribution in [1.82, 2.24) is 10.9 Å². The van der Waals surface area contributed by atoms with Gasteiger partial charge in [0.15, 0.2) is 11.5 Å². The third kappa shape index (κ3) is 3.97. The van der Waals surface area contributed by atoms with E-state index in [1.807, 2.05) is 4.90 Å². The Morgan fingerprint density at radius 2 is 1.63 bits per heavy atom. The molecule has 2 heterocycles. The van der Waals surface area contributed by atoms with Crippen molar-refractivity contribution in [2.45, 2.75) is 12.8 Å². The van der Waals surface area contributed by atoms with Gasteiger partial charge in [-0.1, -0.05) is 0 Å². The Bertz CT molecular complexity index is 1000. The maximum atomic E-state index is 12.7. The van der Waals surface area contributed by atoms with Gasteiger partial charge < -0.3 is 14.4 Å². The summed E-state index contributed by atoms with van der Waals surface area (Å²) >= 11 is 0. The van der Waals surface area contributed by atoms with Gasteiger partial charge in [-0.3, -0.25) is 30.6 Å². The number of hydrazine groups is 1. The third-order valence-electron chi connectivity index (χ3n) is 4.98. The standard InChI is InChI=1S/C20H20N4O6/c25-19(13-3-6-17-18(11-13)30-10-9-29-17)21-22-20(26)15-12-14(24(27)28)4-5-16(15)23-7-1-2-8-23/h3-6,11-12H,1-2,7-10H2,(H,21,25)(H,22,26). The Balaban J connectivity index is 1.50. The zero-order chi connectivity index (χ0) is 21.1. The Kier molecular flexibility index (Phi) is 5.38. The molecule has 10 heteroatoms. The van der Waals surface area contributed by atoms with Gasteiger partial charge in [0.2, 0.25) is 0 Å². The highest BCUT2D eigenvalue weighted by Crippen LogP contribution is 2.31. The van der Waals surface area contributed by atoms with Crippen LogP contribution in [-0.4, -0.2) is 43.0 Å². The number of non-ortho nitro benzene ring substituents is 1. The van der Waals surface area contributed by atoms with E-state index in [-0.39, 0.29) is 16.8 Å². The van der Waals surface area contributed by atoms with Crippen molar-refractivity contribution in [2.24, 2.45) is 0 Å². The van der Waals surface area contributed by atoms with E-state index in [0.29, 0.717) is 30.4 Å². The zero-order valence-electron chi connectivity index (χ0n) is 16.1. The minimum atomic E-state index is -0.633. The molecule has 2 aliphatic rings. The number of hydrogen-bond donors (Lipinski definition) is 2. The average molecular weight is 412 g/mol. The smallest absolute Gasteiger partial charge is 0.272 e. The number of benzene rings is 2. The maximum Gasteiger partial charge on any atom is 0.272 e. The molecule has 30 heavy (non-hydrogen) atoms. The second kappa shape index (κ2) is 8.27. The van der Waals surface area contributed by atoms with Crippen LogP contribution in [0.2, 0.25) is 0 Å². The van der Waals surface area contributed by atoms with E-state index >= 15 is 0 Å². The van der Waals surface area contributed by atoms with E-state index in [4.69, 9.17) is 9.47 Å². The number of fused-ring (bicyclic) bond motifs is 1. The number of nitrogens with one attached hydrogen (secondary N) is 2. The summed E-state index contributed by atoms with van der Waals surface area (Å²) in [6, 6.07) is 8.87. The zero-order valence-corrected chi connectivity index (χ0v) is 16.1. The summed E-state index contributed by atoms with van der Waals surface area (Å²) in [5, 5.41) is 11.1. The third-order valence-corrected chi connectivity index (χ3v) is 4.98. The molecule has 2 aromatic carbocycles. The Morgan fingerprint density at radius 1 is 0.933 bits per heavy atom. The number of nitrogens with zero attached hydrogens (tertiary/aromatic N) is 2. The van der Waals surface area contributed by atoms with E-state index in [9.17, 15) is 19.7 Å². The highest BCUT2D eigenvalue weighted by atomic mass is 16.6. The molecule has 2 N–H and O–H groups in total. The molecule has 0 spiro atoms. The number of carbonyl (C=O) groups excluding carboxylic acids is 2. The summed E-state index contributed by atoms with van der Waals surface area (Å²) in [7, 11) is 0. The van der Waals surface area contributed by atoms with E-state index in [1.165, 1.54) is 18.2 Å². The Morgan fingerprint density at radius 3 is 2.37 bits per heavy atom. The van der Waals surface area contributed by atoms with Crippen LogP contribution in [0.1, 0.15) is 33.6 Å². The molecule has 10 nitrogen and oxygen atoms in total. The van der Waals surface area contributed by atoms with Crippen molar-refractivity contribution >= 4 is 23.2 Å². The lowest BCUT2D eigenvalue weighted by molar-refractivity contribution is -0.384. The molecule has 4 rings (SSSR count). The highest BCUT2D eigenvalue weighted by Gasteiger charge is 2.23. The van der Waals surface area contributed by atoms with Gasteiger partial charge >= 0.3 is 0 Å². The summed E-state index contributed by atoms with van der Waals surface area (Å²) in [6.07, 6.45) is 1.97. The van der Waals surface area contributed by atoms with E-state index in [2.05, 4.69) is 10.9 Å². The molecule has 0 atom stereocenters. The first-order valence-electron chi connectivity index (χ1n) is 9.56. The summed E-state index contributed by atoms with van der Waals surface area (Å²) in [4.78, 5) is 37.8. The largest absolute Gasteiger partial charge is 0.486 e. The molecule has 0 aliphatic carbocycles. The van der Waals surface area contributed by atoms with E-state index < -0.39 is 16.7 Å². The maximum absolute atomic E-state index is 12.7. The molecule has 0 bridgehead atoms. The molecule has 156 valence electrons. The fourth-order valence-corrected chi connectivity index (χ4v) is 3.49. The van der Waals surface area contributed by atoms with Crippen LogP contribution in [-0.2, 0) is 0 Å². The SMILES string of the molecule is O=C(NNC(=O)c1cc([N+](=O)[O-])ccc1N1CCCC1)c1ccc2c(c1)OCCO2. The van der Waals surface area contributed by atoms with Gasteiger partial charge in [0.25, 0.3) is 17.5 Å². The highest BCUT2D eigenvalue weighted by molar-refractivity contribution is 6.03. The number of nitro benzene ring substituents is 1. The lowest BCUT2D eigenvalue weighted by Crippen LogP contribution is -2.42. The quantitative estimate of drug-likeness (QED) is 0.582. The Hall–Kier alpha value is -3.82. The summed E-state index contributed by atoms with van der Waals surface area (Å²) in [5.41, 5.74) is 5.51. The number of rotatable bonds is 4. The predicted molar refractivity (Wildman–Crippen MR) is 107 cm³/mol. The molecule has 1 fully saturated rings. The van der Waals surface area contributed by atoms with Gasteiger partial charge in [-0.15, -0.1) is 0 Å². The van der Waals surface area contributed by atoms with Crippen LogP contribution in [0.15, 0.2) is 36.4 Å². The van der Waals surface area contributed by atoms with Gasteiger partial charge in [0, 0.05) is 30.8 Å². The molecule has 0 aromatic heterocycles. The van der Waals surface area contributed by atoms with Gasteiger partial charge in [-0.25, -0.2) is 0 Å². The molecule has 2 aliphatic heterocycles. The number of anilines is 1. The van der Waals surface area contributed by atoms with E-state index in [0.717, 1.165) is 25.9 Å². The van der Waals surface area contributed by atoms with Crippen LogP contribution in [0.25, 0.3) is 0 Å². The summed E-state index contributed by atoms with van der Waals surface area (Å²) in [6.45, 7) is 2.36. The number of hydrogen-bond acceptors (Lipinski definition) is 7. The minimum absolute atomic E-state index is 0.133. The lowest BCUT2D eigenvalue weighted by Gasteiger charge is -2.21. The first-order chi connectivity index (χ1) is 14.5. The molecule has 0 radical (unpaired) electrons. The van der Waals surface area contributed by atoms with Crippen LogP contribution in [0.3, 0.4) is 0 Å². The van der Waals surface area contributed by atoms with Crippen molar-refractivity contribution in [3.05, 3.63) is 57.6 Å². The molecule has 1 saturated heterocycles. The summed E-state index contributed by atoms with van der Waals surface area (Å²) in [5.74, 6) is -0.177. The first-order valence-corrected chi connectivity index (χ1v) is 9.56. The first kappa shape index (κ1) is 19.5. The minimum Gasteiger partial charge on any atom is -0.486 e. The van der Waals surface area contributed by atoms with Crippen molar-refractivity contribution in [3.8, 4) is 11.5 Å². The molecule has 0 unspecified atom stereocenters. The van der Waals surface area contributed by atoms with Crippen LogP contribution in [0.5, 0.6) is 11.5 Å². The lowest BCUT2D eigenvalue weighted by atomic mass is 10.1. The summed E-state index contributed by atoms with van der Waals surface area (Å²) < 4.78 is 10.9. The van der Waals surface area contributed by atoms with Crippen molar-refractivity contribution in [2.75, 3.05) is 31.2 Å². The van der Waals surface area contributed by atoms with Crippen molar-refractivity contribution in [3.63, 3.8) is 0 Å². The van der Waals surface area contributed by atoms with Gasteiger partial charge in [-0.2, -0.15) is 0 Å². The molecule has 2 amide bonds. The van der Waals surface area contributed by atoms with Gasteiger partial charge in [-0.05, 0) is 37.1 Å². The number of ether oxygens (including phenoxy) is 2. The van der Waals surface area contributed by atoms with Crippen LogP contribution in [0, 0.1) is 10.1 Å². The second-order valence-electron chi connectivity index (χ2n) is 6.92. The topological polar surface area (TPSA) is 123 Å². The van der Waals surface area contributed by atoms with Crippen LogP contribution in [0.4, 0.5) is 11.4 Å². The Labute approximate surface area is 171 Å². The second-order valence-corrected chi connectivity index (χ2v) is 6.92. The molecule has 2 aromatic rings. The number of nitro groups is 1. The molecule has 0 saturated carbocycles. The molecular weight excluding hydrogens is 392 g/mol. The molecular formula is C20H20N4O6. The number of carbonyl (C=O) groups is 2. The van der Waals surface area contributed by atoms with Crippen molar-refractivity contribution < 1.29 is 24.0 Å². The number of amides is 2. The van der Waals surface area contributed by atoms with Gasteiger partial charge in [0.05, 0.1) is 16.2 Å². The fourth-order valence-electron chi connectivity index (χ4n) is 3.49.